The lowest BCUT2D eigenvalue weighted by Crippen LogP contribution is -2.01. The van der Waals surface area contributed by atoms with Crippen molar-refractivity contribution in [1.29, 1.82) is 0 Å². The van der Waals surface area contributed by atoms with Crippen LogP contribution in [0.5, 0.6) is 0 Å². The molecule has 0 spiro atoms. The number of nitro benzene ring substituents is 2. The van der Waals surface area contributed by atoms with Crippen LogP contribution >= 0.6 is 0 Å². The summed E-state index contributed by atoms with van der Waals surface area (Å²) in [6.07, 6.45) is 0. The molecule has 0 amide bonds. The van der Waals surface area contributed by atoms with E-state index in [1.165, 1.54) is 0 Å². The third kappa shape index (κ3) is 1.92. The van der Waals surface area contributed by atoms with Crippen LogP contribution < -0.4 is 0 Å². The summed E-state index contributed by atoms with van der Waals surface area (Å²) in [6, 6.07) is 0.790. The number of fused-ring (bicyclic) bond motifs is 1. The van der Waals surface area contributed by atoms with Crippen molar-refractivity contribution in [3.8, 4) is 0 Å². The number of nitro groups is 2. The van der Waals surface area contributed by atoms with E-state index in [1.54, 1.807) is 0 Å². The first-order valence-electron chi connectivity index (χ1n) is 4.27. The first-order valence-corrected chi connectivity index (χ1v) is 7.15. The minimum Gasteiger partial charge on any atom is -0.427 e. The average Bonchev–Trinajstić information content (AvgIpc) is 2.43. The largest absolute Gasteiger partial charge is 0.427 e. The van der Waals surface area contributed by atoms with E-state index in [9.17, 15) is 37.1 Å². The molecule has 0 saturated heterocycles. The van der Waals surface area contributed by atoms with Crippen molar-refractivity contribution in [2.45, 2.75) is 9.79 Å². The monoisotopic (exact) mass is 308 g/mol. The van der Waals surface area contributed by atoms with Gasteiger partial charge in [-0.15, -0.1) is 0 Å². The number of hydrogen-bond donors (Lipinski definition) is 0. The zero-order valence-electron chi connectivity index (χ0n) is 8.58. The van der Waals surface area contributed by atoms with Crippen LogP contribution in [0.4, 0.5) is 11.4 Å². The predicted molar refractivity (Wildman–Crippen MR) is 57.5 cm³/mol. The van der Waals surface area contributed by atoms with Crippen LogP contribution in [0.1, 0.15) is 0 Å². The van der Waals surface area contributed by atoms with Crippen molar-refractivity contribution in [3.63, 3.8) is 0 Å². The van der Waals surface area contributed by atoms with E-state index in [0.29, 0.717) is 12.1 Å². The molecule has 0 bridgehead atoms. The summed E-state index contributed by atoms with van der Waals surface area (Å²) in [5.74, 6) is 0. The number of nitrogens with zero attached hydrogens (tertiary/aromatic N) is 3. The van der Waals surface area contributed by atoms with Gasteiger partial charge in [0.05, 0.1) is 20.8 Å². The van der Waals surface area contributed by atoms with Gasteiger partial charge in [-0.1, -0.05) is 0 Å². The molecule has 13 heteroatoms. The van der Waals surface area contributed by atoms with Gasteiger partial charge in [-0.2, -0.15) is 0 Å². The zero-order valence-corrected chi connectivity index (χ0v) is 10.2. The minimum absolute atomic E-state index is 0.368. The minimum atomic E-state index is -4.76. The molecule has 11 nitrogen and oxygen atoms in total. The number of benzene rings is 1. The van der Waals surface area contributed by atoms with Crippen LogP contribution in [-0.2, 0) is 20.0 Å². The number of hydrogen-bond acceptors (Lipinski definition) is 8. The number of non-ortho nitro benzene ring substituents is 1. The van der Waals surface area contributed by atoms with Crippen molar-refractivity contribution in [3.05, 3.63) is 36.5 Å². The lowest BCUT2D eigenvalue weighted by Gasteiger charge is -2.05. The van der Waals surface area contributed by atoms with E-state index < -0.39 is 51.1 Å². The number of sulfonamides is 2. The third-order valence-corrected chi connectivity index (χ3v) is 5.68. The molecule has 0 radical (unpaired) electrons. The molecule has 0 fully saturated rings. The third-order valence-electron chi connectivity index (χ3n) is 2.16. The van der Waals surface area contributed by atoms with Crippen molar-refractivity contribution >= 4 is 31.4 Å². The van der Waals surface area contributed by atoms with Crippen LogP contribution in [-0.4, -0.2) is 26.7 Å². The standard InChI is InChI=1S/C6H2N3O8S2/c10-8(11)3-1-4(9(12)13)6-5(2-3)18(14,15)7-19(6,16)17/h1-2H/q-1. The molecule has 19 heavy (non-hydrogen) atoms. The normalized spacial score (nSPS) is 18.7. The Morgan fingerprint density at radius 3 is 2.00 bits per heavy atom. The molecule has 1 aliphatic rings. The summed E-state index contributed by atoms with van der Waals surface area (Å²) in [7, 11) is -9.46. The summed E-state index contributed by atoms with van der Waals surface area (Å²) in [6.45, 7) is 0. The highest BCUT2D eigenvalue weighted by Gasteiger charge is 2.38. The van der Waals surface area contributed by atoms with Gasteiger partial charge in [-0.3, -0.25) is 20.2 Å². The van der Waals surface area contributed by atoms with E-state index >= 15 is 0 Å². The Labute approximate surface area is 105 Å². The van der Waals surface area contributed by atoms with E-state index in [0.717, 1.165) is 0 Å². The quantitative estimate of drug-likeness (QED) is 0.553. The first-order chi connectivity index (χ1) is 8.56. The Morgan fingerprint density at radius 2 is 1.53 bits per heavy atom. The van der Waals surface area contributed by atoms with E-state index in [2.05, 4.69) is 4.13 Å². The average molecular weight is 308 g/mol. The number of rotatable bonds is 2. The Bertz CT molecular complexity index is 824. The van der Waals surface area contributed by atoms with Crippen molar-refractivity contribution < 1.29 is 26.7 Å². The Hall–Kier alpha value is -2.12. The summed E-state index contributed by atoms with van der Waals surface area (Å²) in [4.78, 5) is 16.8. The van der Waals surface area contributed by atoms with Crippen LogP contribution in [0, 0.1) is 20.2 Å². The highest BCUT2D eigenvalue weighted by molar-refractivity contribution is 8.14. The van der Waals surface area contributed by atoms with Crippen molar-refractivity contribution in [2.24, 2.45) is 0 Å². The van der Waals surface area contributed by atoms with Gasteiger partial charge in [0.1, 0.15) is 24.9 Å². The molecule has 1 heterocycles. The first kappa shape index (κ1) is 13.3. The topological polar surface area (TPSA) is 169 Å². The molecule has 1 aromatic carbocycles. The second kappa shape index (κ2) is 3.69. The molecule has 0 unspecified atom stereocenters. The maximum atomic E-state index is 11.5. The van der Waals surface area contributed by atoms with Gasteiger partial charge in [0, 0.05) is 6.07 Å². The van der Waals surface area contributed by atoms with Gasteiger partial charge in [0.15, 0.2) is 0 Å². The second-order valence-electron chi connectivity index (χ2n) is 3.33. The van der Waals surface area contributed by atoms with Crippen LogP contribution in [0.3, 0.4) is 0 Å². The Balaban J connectivity index is 3.01. The molecule has 1 aromatic rings. The molecule has 0 aliphatic carbocycles. The van der Waals surface area contributed by atoms with Crippen LogP contribution in [0.15, 0.2) is 21.9 Å². The molecule has 0 N–H and O–H groups in total. The fraction of sp³-hybridized carbons (Fsp3) is 0. The van der Waals surface area contributed by atoms with Crippen LogP contribution in [0.25, 0.3) is 4.13 Å². The Kier molecular flexibility index (Phi) is 2.58. The fourth-order valence-electron chi connectivity index (χ4n) is 1.47. The van der Waals surface area contributed by atoms with Gasteiger partial charge in [0.2, 0.25) is 0 Å². The highest BCUT2D eigenvalue weighted by Crippen LogP contribution is 2.45. The molecule has 0 aromatic heterocycles. The van der Waals surface area contributed by atoms with E-state index in [1.807, 2.05) is 0 Å². The van der Waals surface area contributed by atoms with Crippen LogP contribution in [0.2, 0.25) is 0 Å². The zero-order chi connectivity index (χ0) is 14.6. The molecule has 102 valence electrons. The van der Waals surface area contributed by atoms with Gasteiger partial charge in [-0.05, 0) is 0 Å². The lowest BCUT2D eigenvalue weighted by molar-refractivity contribution is -0.396. The summed E-state index contributed by atoms with van der Waals surface area (Å²) in [5, 5.41) is 21.3. The van der Waals surface area contributed by atoms with E-state index in [-0.39, 0.29) is 0 Å². The van der Waals surface area contributed by atoms with Gasteiger partial charge >= 0.3 is 0 Å². The molecule has 2 rings (SSSR count). The lowest BCUT2D eigenvalue weighted by atomic mass is 10.3. The van der Waals surface area contributed by atoms with E-state index in [4.69, 9.17) is 0 Å². The second-order valence-corrected chi connectivity index (χ2v) is 6.68. The molecule has 0 atom stereocenters. The molecular formula is C6H2N3O8S2-. The highest BCUT2D eigenvalue weighted by atomic mass is 32.3. The summed E-state index contributed by atoms with van der Waals surface area (Å²) >= 11 is 0. The maximum Gasteiger partial charge on any atom is 0.294 e. The SMILES string of the molecule is O=[N+]([O-])c1cc([N+](=O)[O-])c2c(c1)S(=O)(=O)[N-]S2(=O)=O. The Morgan fingerprint density at radius 1 is 0.947 bits per heavy atom. The predicted octanol–water partition coefficient (Wildman–Crippen LogP) is 0.268. The van der Waals surface area contributed by atoms with Gasteiger partial charge in [-0.25, -0.2) is 16.8 Å². The smallest absolute Gasteiger partial charge is 0.294 e. The van der Waals surface area contributed by atoms with Gasteiger partial charge < -0.3 is 4.13 Å². The van der Waals surface area contributed by atoms with Gasteiger partial charge in [0.25, 0.3) is 11.4 Å². The molecular weight excluding hydrogens is 306 g/mol. The van der Waals surface area contributed by atoms with Crippen molar-refractivity contribution in [2.75, 3.05) is 0 Å². The van der Waals surface area contributed by atoms with Crippen molar-refractivity contribution in [1.82, 2.24) is 0 Å². The fourth-order valence-corrected chi connectivity index (χ4v) is 5.08. The summed E-state index contributed by atoms with van der Waals surface area (Å²) in [5.41, 5.74) is -2.12. The molecule has 0 saturated carbocycles. The maximum absolute atomic E-state index is 11.5. The summed E-state index contributed by atoms with van der Waals surface area (Å²) < 4.78 is 48.2. The molecule has 1 aliphatic heterocycles.